The molecule has 0 amide bonds. The molecule has 3 heteroatoms. The van der Waals surface area contributed by atoms with Crippen molar-refractivity contribution in [1.82, 2.24) is 9.78 Å². The number of aliphatic hydroxyl groups is 1. The summed E-state index contributed by atoms with van der Waals surface area (Å²) in [4.78, 5) is 0. The lowest BCUT2D eigenvalue weighted by Gasteiger charge is -2.22. The second kappa shape index (κ2) is 5.36. The Hall–Kier alpha value is -1.61. The maximum absolute atomic E-state index is 10.5. The molecule has 3 nitrogen and oxygen atoms in total. The Morgan fingerprint density at radius 3 is 2.44 bits per heavy atom. The molecule has 0 fully saturated rings. The summed E-state index contributed by atoms with van der Waals surface area (Å²) in [6, 6.07) is 10.1. The SMILES string of the molecule is CCn1cc(CC(C)(O)Cc2ccccc2)cn1. The van der Waals surface area contributed by atoms with Crippen LogP contribution in [0.1, 0.15) is 25.0 Å². The van der Waals surface area contributed by atoms with Gasteiger partial charge in [-0.15, -0.1) is 0 Å². The minimum absolute atomic E-state index is 0.627. The van der Waals surface area contributed by atoms with E-state index >= 15 is 0 Å². The van der Waals surface area contributed by atoms with Crippen molar-refractivity contribution in [1.29, 1.82) is 0 Å². The van der Waals surface area contributed by atoms with E-state index in [9.17, 15) is 5.11 Å². The summed E-state index contributed by atoms with van der Waals surface area (Å²) in [5.41, 5.74) is 1.51. The quantitative estimate of drug-likeness (QED) is 0.877. The maximum atomic E-state index is 10.5. The Morgan fingerprint density at radius 1 is 1.17 bits per heavy atom. The molecule has 0 aliphatic rings. The summed E-state index contributed by atoms with van der Waals surface area (Å²) in [5.74, 6) is 0. The first-order valence-corrected chi connectivity index (χ1v) is 6.37. The van der Waals surface area contributed by atoms with E-state index in [1.807, 2.05) is 54.3 Å². The fourth-order valence-electron chi connectivity index (χ4n) is 2.21. The molecule has 0 spiro atoms. The number of aryl methyl sites for hydroxylation is 1. The van der Waals surface area contributed by atoms with E-state index in [1.165, 1.54) is 0 Å². The monoisotopic (exact) mass is 244 g/mol. The lowest BCUT2D eigenvalue weighted by Crippen LogP contribution is -2.29. The Balaban J connectivity index is 2.02. The Kier molecular flexibility index (Phi) is 3.82. The van der Waals surface area contributed by atoms with Gasteiger partial charge in [0.15, 0.2) is 0 Å². The molecule has 1 atom stereocenters. The van der Waals surface area contributed by atoms with Gasteiger partial charge in [-0.2, -0.15) is 5.10 Å². The van der Waals surface area contributed by atoms with Gasteiger partial charge in [0.25, 0.3) is 0 Å². The molecule has 2 aromatic rings. The molecule has 0 saturated heterocycles. The molecule has 18 heavy (non-hydrogen) atoms. The molecule has 1 aromatic carbocycles. The van der Waals surface area contributed by atoms with Gasteiger partial charge in [0.05, 0.1) is 11.8 Å². The highest BCUT2D eigenvalue weighted by atomic mass is 16.3. The summed E-state index contributed by atoms with van der Waals surface area (Å²) < 4.78 is 1.88. The van der Waals surface area contributed by atoms with Crippen LogP contribution in [-0.2, 0) is 19.4 Å². The van der Waals surface area contributed by atoms with Crippen LogP contribution >= 0.6 is 0 Å². The van der Waals surface area contributed by atoms with Crippen molar-refractivity contribution in [2.75, 3.05) is 0 Å². The number of nitrogens with zero attached hydrogens (tertiary/aromatic N) is 2. The Morgan fingerprint density at radius 2 is 1.83 bits per heavy atom. The highest BCUT2D eigenvalue weighted by Gasteiger charge is 2.22. The third kappa shape index (κ3) is 3.44. The van der Waals surface area contributed by atoms with Gasteiger partial charge in [0.1, 0.15) is 0 Å². The van der Waals surface area contributed by atoms with Crippen molar-refractivity contribution < 1.29 is 5.11 Å². The van der Waals surface area contributed by atoms with Crippen molar-refractivity contribution in [3.05, 3.63) is 53.9 Å². The Labute approximate surface area is 108 Å². The normalized spacial score (nSPS) is 14.4. The summed E-state index contributed by atoms with van der Waals surface area (Å²) in [6.07, 6.45) is 5.12. The van der Waals surface area contributed by atoms with Crippen LogP contribution in [-0.4, -0.2) is 20.5 Å². The smallest absolute Gasteiger partial charge is 0.0701 e. The van der Waals surface area contributed by atoms with Crippen molar-refractivity contribution in [2.24, 2.45) is 0 Å². The van der Waals surface area contributed by atoms with Crippen LogP contribution < -0.4 is 0 Å². The largest absolute Gasteiger partial charge is 0.389 e. The minimum Gasteiger partial charge on any atom is -0.389 e. The van der Waals surface area contributed by atoms with Gasteiger partial charge >= 0.3 is 0 Å². The molecule has 0 bridgehead atoms. The number of aromatic nitrogens is 2. The molecular formula is C15H20N2O. The zero-order chi connectivity index (χ0) is 13.0. The molecule has 1 unspecified atom stereocenters. The molecule has 0 aliphatic carbocycles. The van der Waals surface area contributed by atoms with Crippen molar-refractivity contribution in [3.8, 4) is 0 Å². The second-order valence-electron chi connectivity index (χ2n) is 5.04. The third-order valence-electron chi connectivity index (χ3n) is 3.02. The highest BCUT2D eigenvalue weighted by molar-refractivity contribution is 5.18. The molecule has 2 rings (SSSR count). The van der Waals surface area contributed by atoms with E-state index in [2.05, 4.69) is 12.0 Å². The first-order valence-electron chi connectivity index (χ1n) is 6.37. The van der Waals surface area contributed by atoms with Crippen LogP contribution in [0.25, 0.3) is 0 Å². The van der Waals surface area contributed by atoms with E-state index in [0.29, 0.717) is 12.8 Å². The summed E-state index contributed by atoms with van der Waals surface area (Å²) in [5, 5.41) is 14.7. The number of benzene rings is 1. The zero-order valence-corrected chi connectivity index (χ0v) is 11.0. The van der Waals surface area contributed by atoms with Crippen molar-refractivity contribution in [3.63, 3.8) is 0 Å². The first-order chi connectivity index (χ1) is 8.59. The van der Waals surface area contributed by atoms with Crippen LogP contribution in [0.2, 0.25) is 0 Å². The van der Waals surface area contributed by atoms with E-state index in [0.717, 1.165) is 17.7 Å². The van der Waals surface area contributed by atoms with Gasteiger partial charge in [-0.3, -0.25) is 4.68 Å². The summed E-state index contributed by atoms with van der Waals surface area (Å²) in [7, 11) is 0. The second-order valence-corrected chi connectivity index (χ2v) is 5.04. The van der Waals surface area contributed by atoms with Gasteiger partial charge in [-0.25, -0.2) is 0 Å². The van der Waals surface area contributed by atoms with E-state index in [-0.39, 0.29) is 0 Å². The van der Waals surface area contributed by atoms with Crippen LogP contribution in [0.4, 0.5) is 0 Å². The average Bonchev–Trinajstić information content (AvgIpc) is 2.76. The molecule has 1 heterocycles. The average molecular weight is 244 g/mol. The molecule has 96 valence electrons. The lowest BCUT2D eigenvalue weighted by atomic mass is 9.91. The fourth-order valence-corrected chi connectivity index (χ4v) is 2.21. The fraction of sp³-hybridized carbons (Fsp3) is 0.400. The molecular weight excluding hydrogens is 224 g/mol. The summed E-state index contributed by atoms with van der Waals surface area (Å²) in [6.45, 7) is 4.79. The number of rotatable bonds is 5. The van der Waals surface area contributed by atoms with Crippen LogP contribution in [0, 0.1) is 0 Å². The van der Waals surface area contributed by atoms with Crippen LogP contribution in [0.15, 0.2) is 42.7 Å². The van der Waals surface area contributed by atoms with E-state index in [4.69, 9.17) is 0 Å². The van der Waals surface area contributed by atoms with Gasteiger partial charge in [0, 0.05) is 25.6 Å². The Bertz CT molecular complexity index is 488. The topological polar surface area (TPSA) is 38.0 Å². The number of hydrogen-bond donors (Lipinski definition) is 1. The van der Waals surface area contributed by atoms with Crippen LogP contribution in [0.5, 0.6) is 0 Å². The first kappa shape index (κ1) is 12.8. The predicted molar refractivity (Wildman–Crippen MR) is 72.4 cm³/mol. The molecule has 1 aromatic heterocycles. The van der Waals surface area contributed by atoms with Gasteiger partial charge in [-0.1, -0.05) is 30.3 Å². The van der Waals surface area contributed by atoms with Crippen molar-refractivity contribution in [2.45, 2.75) is 38.8 Å². The van der Waals surface area contributed by atoms with Crippen LogP contribution in [0.3, 0.4) is 0 Å². The molecule has 0 aliphatic heterocycles. The molecule has 0 saturated carbocycles. The highest BCUT2D eigenvalue weighted by Crippen LogP contribution is 2.18. The minimum atomic E-state index is -0.733. The predicted octanol–water partition coefficient (Wildman–Crippen LogP) is 2.44. The standard InChI is InChI=1S/C15H20N2O/c1-3-17-12-14(11-16-17)10-15(2,18)9-13-7-5-4-6-8-13/h4-8,11-12,18H,3,9-10H2,1-2H3. The maximum Gasteiger partial charge on any atom is 0.0701 e. The molecule has 1 N–H and O–H groups in total. The van der Waals surface area contributed by atoms with E-state index < -0.39 is 5.60 Å². The van der Waals surface area contributed by atoms with Gasteiger partial charge < -0.3 is 5.11 Å². The van der Waals surface area contributed by atoms with E-state index in [1.54, 1.807) is 0 Å². The lowest BCUT2D eigenvalue weighted by molar-refractivity contribution is 0.0608. The zero-order valence-electron chi connectivity index (χ0n) is 11.0. The molecule has 0 radical (unpaired) electrons. The van der Waals surface area contributed by atoms with Crippen molar-refractivity contribution >= 4 is 0 Å². The van der Waals surface area contributed by atoms with Gasteiger partial charge in [-0.05, 0) is 25.0 Å². The third-order valence-corrected chi connectivity index (χ3v) is 3.02. The van der Waals surface area contributed by atoms with Gasteiger partial charge in [0.2, 0.25) is 0 Å². The number of hydrogen-bond acceptors (Lipinski definition) is 2. The summed E-state index contributed by atoms with van der Waals surface area (Å²) >= 11 is 0.